The predicted octanol–water partition coefficient (Wildman–Crippen LogP) is 5.98. The SMILES string of the molecule is C=N/C(=C\C=C(/C)C(=O)N1CCC(Oc2ccc(C#N)cc2)CC1)C(=O)NC1CCC(Oc2ccc(C(F)(F)F)cc2)CC1. The largest absolute Gasteiger partial charge is 0.490 e. The molecular formula is C33H35F3N4O4. The molecule has 1 heterocycles. The first-order valence-electron chi connectivity index (χ1n) is 14.5. The summed E-state index contributed by atoms with van der Waals surface area (Å²) in [6.07, 6.45) is 2.37. The van der Waals surface area contributed by atoms with E-state index in [1.165, 1.54) is 18.2 Å². The summed E-state index contributed by atoms with van der Waals surface area (Å²) in [7, 11) is 0. The number of aliphatic imine (C=N–C) groups is 1. The van der Waals surface area contributed by atoms with E-state index in [0.29, 0.717) is 74.3 Å². The van der Waals surface area contributed by atoms with Crippen molar-refractivity contribution in [3.63, 3.8) is 0 Å². The molecule has 2 aliphatic rings. The summed E-state index contributed by atoms with van der Waals surface area (Å²) >= 11 is 0. The molecule has 11 heteroatoms. The standard InChI is InChI=1S/C33H35F3N4O4/c1-22(32(42)40-19-17-29(18-20-40)44-26-10-4-23(21-37)5-11-26)3-16-30(38-2)31(41)39-25-8-14-28(15-9-25)43-27-12-6-24(7-13-27)33(34,35)36/h3-7,10-13,16,25,28-29H,2,8-9,14-15,17-20H2,1H3,(H,39,41)/b22-3+,30-16-. The summed E-state index contributed by atoms with van der Waals surface area (Å²) in [6, 6.07) is 13.5. The normalized spacial score (nSPS) is 19.9. The molecule has 2 aromatic rings. The van der Waals surface area contributed by atoms with Gasteiger partial charge in [0.1, 0.15) is 23.3 Å². The second-order valence-electron chi connectivity index (χ2n) is 10.9. The lowest BCUT2D eigenvalue weighted by molar-refractivity contribution is -0.137. The lowest BCUT2D eigenvalue weighted by Crippen LogP contribution is -2.42. The van der Waals surface area contributed by atoms with Crippen molar-refractivity contribution in [2.75, 3.05) is 13.1 Å². The Morgan fingerprint density at radius 2 is 1.48 bits per heavy atom. The van der Waals surface area contributed by atoms with Crippen LogP contribution in [-0.4, -0.2) is 54.8 Å². The maximum atomic E-state index is 13.0. The van der Waals surface area contributed by atoms with Gasteiger partial charge in [-0.2, -0.15) is 18.4 Å². The Hall–Kier alpha value is -4.59. The number of amides is 2. The number of carbonyl (C=O) groups excluding carboxylic acids is 2. The predicted molar refractivity (Wildman–Crippen MR) is 159 cm³/mol. The van der Waals surface area contributed by atoms with Gasteiger partial charge in [-0.3, -0.25) is 14.6 Å². The fourth-order valence-electron chi connectivity index (χ4n) is 5.20. The highest BCUT2D eigenvalue weighted by molar-refractivity contribution is 5.96. The molecule has 0 spiro atoms. The van der Waals surface area contributed by atoms with Crippen LogP contribution in [0.25, 0.3) is 0 Å². The number of carbonyl (C=O) groups is 2. The van der Waals surface area contributed by atoms with E-state index in [2.05, 4.69) is 23.1 Å². The van der Waals surface area contributed by atoms with E-state index in [1.54, 1.807) is 42.2 Å². The molecule has 0 aromatic heterocycles. The Kier molecular flexibility index (Phi) is 10.8. The quantitative estimate of drug-likeness (QED) is 0.214. The average Bonchev–Trinajstić information content (AvgIpc) is 3.02. The van der Waals surface area contributed by atoms with Crippen LogP contribution >= 0.6 is 0 Å². The summed E-state index contributed by atoms with van der Waals surface area (Å²) in [5, 5.41) is 11.9. The highest BCUT2D eigenvalue weighted by atomic mass is 19.4. The van der Waals surface area contributed by atoms with Gasteiger partial charge >= 0.3 is 6.18 Å². The van der Waals surface area contributed by atoms with Crippen molar-refractivity contribution in [1.29, 1.82) is 5.26 Å². The summed E-state index contributed by atoms with van der Waals surface area (Å²) in [4.78, 5) is 31.4. The van der Waals surface area contributed by atoms with Gasteiger partial charge in [0.15, 0.2) is 0 Å². The Morgan fingerprint density at radius 1 is 0.932 bits per heavy atom. The monoisotopic (exact) mass is 608 g/mol. The van der Waals surface area contributed by atoms with Crippen LogP contribution in [0.1, 0.15) is 56.6 Å². The van der Waals surface area contributed by atoms with E-state index in [-0.39, 0.29) is 29.9 Å². The van der Waals surface area contributed by atoms with Crippen LogP contribution in [0.5, 0.6) is 11.5 Å². The number of rotatable bonds is 9. The molecule has 0 unspecified atom stereocenters. The Labute approximate surface area is 254 Å². The molecule has 44 heavy (non-hydrogen) atoms. The number of piperidine rings is 1. The third-order valence-electron chi connectivity index (χ3n) is 7.74. The molecule has 1 saturated carbocycles. The minimum absolute atomic E-state index is 0.0251. The van der Waals surface area contributed by atoms with E-state index in [9.17, 15) is 22.8 Å². The van der Waals surface area contributed by atoms with E-state index >= 15 is 0 Å². The second kappa shape index (κ2) is 14.7. The molecule has 1 aliphatic heterocycles. The van der Waals surface area contributed by atoms with E-state index in [1.807, 2.05) is 0 Å². The summed E-state index contributed by atoms with van der Waals surface area (Å²) in [6.45, 7) is 6.26. The van der Waals surface area contributed by atoms with Crippen molar-refractivity contribution >= 4 is 18.5 Å². The van der Waals surface area contributed by atoms with Crippen LogP contribution in [0.4, 0.5) is 13.2 Å². The van der Waals surface area contributed by atoms with Gasteiger partial charge < -0.3 is 19.7 Å². The first kappa shape index (κ1) is 32.3. The number of likely N-dealkylation sites (tertiary alicyclic amines) is 1. The molecular weight excluding hydrogens is 573 g/mol. The maximum Gasteiger partial charge on any atom is 0.416 e. The van der Waals surface area contributed by atoms with Crippen LogP contribution in [0.15, 0.2) is 76.9 Å². The number of alkyl halides is 3. The lowest BCUT2D eigenvalue weighted by atomic mass is 9.92. The number of halogens is 3. The zero-order valence-corrected chi connectivity index (χ0v) is 24.5. The number of nitrogens with one attached hydrogen (secondary N) is 1. The number of hydrogen-bond donors (Lipinski definition) is 1. The lowest BCUT2D eigenvalue weighted by Gasteiger charge is -2.32. The fraction of sp³-hybridized carbons (Fsp3) is 0.394. The first-order valence-corrected chi connectivity index (χ1v) is 14.5. The molecule has 2 amide bonds. The third kappa shape index (κ3) is 8.96. The summed E-state index contributed by atoms with van der Waals surface area (Å²) in [5.74, 6) is 0.541. The smallest absolute Gasteiger partial charge is 0.416 e. The molecule has 1 N–H and O–H groups in total. The van der Waals surface area contributed by atoms with E-state index in [4.69, 9.17) is 14.7 Å². The Bertz CT molecular complexity index is 1410. The molecule has 232 valence electrons. The highest BCUT2D eigenvalue weighted by Crippen LogP contribution is 2.31. The maximum absolute atomic E-state index is 13.0. The van der Waals surface area contributed by atoms with Gasteiger partial charge in [0.2, 0.25) is 5.91 Å². The number of allylic oxidation sites excluding steroid dienone is 2. The van der Waals surface area contributed by atoms with Gasteiger partial charge in [-0.15, -0.1) is 0 Å². The van der Waals surface area contributed by atoms with Gasteiger partial charge in [0.25, 0.3) is 5.91 Å². The fourth-order valence-corrected chi connectivity index (χ4v) is 5.20. The van der Waals surface area contributed by atoms with Crippen LogP contribution in [-0.2, 0) is 15.8 Å². The molecule has 2 fully saturated rings. The van der Waals surface area contributed by atoms with Gasteiger partial charge in [-0.1, -0.05) is 6.08 Å². The van der Waals surface area contributed by atoms with Gasteiger partial charge in [-0.25, -0.2) is 0 Å². The van der Waals surface area contributed by atoms with Crippen molar-refractivity contribution in [3.05, 3.63) is 83.1 Å². The second-order valence-corrected chi connectivity index (χ2v) is 10.9. The van der Waals surface area contributed by atoms with E-state index < -0.39 is 17.6 Å². The van der Waals surface area contributed by atoms with Crippen LogP contribution < -0.4 is 14.8 Å². The minimum Gasteiger partial charge on any atom is -0.490 e. The minimum atomic E-state index is -4.39. The molecule has 1 saturated heterocycles. The van der Waals surface area contributed by atoms with Gasteiger partial charge in [0.05, 0.1) is 23.3 Å². The third-order valence-corrected chi connectivity index (χ3v) is 7.74. The number of nitrogens with zero attached hydrogens (tertiary/aromatic N) is 3. The number of nitriles is 1. The highest BCUT2D eigenvalue weighted by Gasteiger charge is 2.30. The number of hydrogen-bond acceptors (Lipinski definition) is 6. The topological polar surface area (TPSA) is 104 Å². The van der Waals surface area contributed by atoms with Crippen LogP contribution in [0.2, 0.25) is 0 Å². The zero-order valence-electron chi connectivity index (χ0n) is 24.5. The number of benzene rings is 2. The Morgan fingerprint density at radius 3 is 2.00 bits per heavy atom. The van der Waals surface area contributed by atoms with E-state index in [0.717, 1.165) is 12.1 Å². The molecule has 4 rings (SSSR count). The average molecular weight is 609 g/mol. The first-order chi connectivity index (χ1) is 21.0. The van der Waals surface area contributed by atoms with Crippen molar-refractivity contribution in [1.82, 2.24) is 10.2 Å². The summed E-state index contributed by atoms with van der Waals surface area (Å²) in [5.41, 5.74) is 0.398. The van der Waals surface area contributed by atoms with Crippen molar-refractivity contribution in [3.8, 4) is 17.6 Å². The summed E-state index contributed by atoms with van der Waals surface area (Å²) < 4.78 is 50.2. The van der Waals surface area contributed by atoms with Crippen LogP contribution in [0, 0.1) is 11.3 Å². The molecule has 0 atom stereocenters. The van der Waals surface area contributed by atoms with Gasteiger partial charge in [-0.05, 0) is 93.9 Å². The number of ether oxygens (including phenoxy) is 2. The molecule has 8 nitrogen and oxygen atoms in total. The molecule has 0 bridgehead atoms. The van der Waals surface area contributed by atoms with Crippen molar-refractivity contribution in [2.45, 2.75) is 69.9 Å². The van der Waals surface area contributed by atoms with Crippen LogP contribution in [0.3, 0.4) is 0 Å². The molecule has 2 aromatic carbocycles. The molecule has 0 radical (unpaired) electrons. The zero-order chi connectivity index (χ0) is 31.7. The van der Waals surface area contributed by atoms with Crippen molar-refractivity contribution < 1.29 is 32.2 Å². The van der Waals surface area contributed by atoms with Crippen molar-refractivity contribution in [2.24, 2.45) is 4.99 Å². The Balaban J connectivity index is 1.21. The van der Waals surface area contributed by atoms with Gasteiger partial charge in [0, 0.05) is 37.5 Å². The molecule has 1 aliphatic carbocycles.